The molecule has 0 fully saturated rings. The summed E-state index contributed by atoms with van der Waals surface area (Å²) in [5.41, 5.74) is 2.14. The van der Waals surface area contributed by atoms with Crippen molar-refractivity contribution in [3.63, 3.8) is 0 Å². The van der Waals surface area contributed by atoms with Crippen LogP contribution in [0.5, 0.6) is 0 Å². The normalized spacial score (nSPS) is 10.8. The van der Waals surface area contributed by atoms with E-state index in [9.17, 15) is 0 Å². The molecule has 0 radical (unpaired) electrons. The predicted octanol–water partition coefficient (Wildman–Crippen LogP) is 0.494. The van der Waals surface area contributed by atoms with E-state index in [0.29, 0.717) is 0 Å². The summed E-state index contributed by atoms with van der Waals surface area (Å²) in [6.07, 6.45) is 3.14. The average Bonchev–Trinajstić information content (AvgIpc) is 1.61. The Morgan fingerprint density at radius 3 is 2.50 bits per heavy atom. The van der Waals surface area contributed by atoms with E-state index in [1.807, 2.05) is 0 Å². The molecule has 0 amide bonds. The monoisotopic (exact) mass is 120 g/mol. The maximum atomic E-state index is 5.34. The molecule has 0 aliphatic heterocycles. The van der Waals surface area contributed by atoms with Crippen molar-refractivity contribution in [1.29, 1.82) is 0 Å². The molecular weight excluding hydrogens is 112 g/mol. The molecule has 0 aromatic heterocycles. The average molecular weight is 121 g/mol. The lowest BCUT2D eigenvalue weighted by Crippen LogP contribution is -1.63. The Kier molecular flexibility index (Phi) is 5.46. The summed E-state index contributed by atoms with van der Waals surface area (Å²) < 4.78 is 0. The molecule has 0 N–H and O–H groups in total. The number of hydrogen-bond acceptors (Lipinski definition) is 0. The van der Waals surface area contributed by atoms with Crippen LogP contribution >= 0.6 is 11.6 Å². The van der Waals surface area contributed by atoms with Crippen LogP contribution in [0.25, 0.3) is 0 Å². The highest BCUT2D eigenvalue weighted by atomic mass is 35.5. The number of hydrogen-bond donors (Lipinski definition) is 0. The zero-order chi connectivity index (χ0) is 4.83. The van der Waals surface area contributed by atoms with Gasteiger partial charge in [-0.15, -0.1) is 17.3 Å². The van der Waals surface area contributed by atoms with Gasteiger partial charge in [0.2, 0.25) is 0 Å². The van der Waals surface area contributed by atoms with Crippen LogP contribution in [0, 0.1) is 0 Å². The van der Waals surface area contributed by atoms with Crippen LogP contribution in [-0.4, -0.2) is 16.1 Å². The summed E-state index contributed by atoms with van der Waals surface area (Å²) in [6.45, 7) is 0. The summed E-state index contributed by atoms with van der Waals surface area (Å²) in [7, 11) is 1.16. The van der Waals surface area contributed by atoms with Gasteiger partial charge in [-0.3, -0.25) is 0 Å². The van der Waals surface area contributed by atoms with Crippen molar-refractivity contribution in [3.05, 3.63) is 11.8 Å². The van der Waals surface area contributed by atoms with Gasteiger partial charge in [-0.2, -0.15) is 0 Å². The highest BCUT2D eigenvalue weighted by Crippen LogP contribution is 1.82. The third kappa shape index (κ3) is 4.25. The van der Waals surface area contributed by atoms with Gasteiger partial charge in [0.25, 0.3) is 0 Å². The van der Waals surface area contributed by atoms with Gasteiger partial charge in [0.1, 0.15) is 0 Å². The zero-order valence-corrected chi connectivity index (χ0v) is 6.70. The van der Waals surface area contributed by atoms with Gasteiger partial charge in [0, 0.05) is 16.1 Å². The van der Waals surface area contributed by atoms with Crippen molar-refractivity contribution in [1.82, 2.24) is 0 Å². The van der Waals surface area contributed by atoms with Crippen LogP contribution in [0.3, 0.4) is 0 Å². The minimum atomic E-state index is 0.763. The first-order valence-electron chi connectivity index (χ1n) is 2.09. The van der Waals surface area contributed by atoms with E-state index in [2.05, 4.69) is 11.8 Å². The molecule has 0 spiro atoms. The Bertz CT molecular complexity index is 42.8. The molecule has 2 heteroatoms. The van der Waals surface area contributed by atoms with E-state index in [4.69, 9.17) is 11.6 Å². The summed E-state index contributed by atoms with van der Waals surface area (Å²) in [5, 5.41) is 0. The fourth-order valence-corrected chi connectivity index (χ4v) is 0.689. The first-order valence-corrected chi connectivity index (χ1v) is 3.78. The van der Waals surface area contributed by atoms with Crippen molar-refractivity contribution in [2.24, 2.45) is 0 Å². The van der Waals surface area contributed by atoms with E-state index in [1.54, 1.807) is 0 Å². The summed E-state index contributed by atoms with van der Waals surface area (Å²) in [5.74, 6) is 0.763. The second kappa shape index (κ2) is 5.25. The zero-order valence-electron chi connectivity index (χ0n) is 3.95. The van der Waals surface area contributed by atoms with Gasteiger partial charge in [-0.05, 0) is 6.42 Å². The minimum Gasteiger partial charge on any atom is -0.126 e. The van der Waals surface area contributed by atoms with Crippen LogP contribution in [0.15, 0.2) is 11.8 Å². The number of halogens is 1. The van der Waals surface area contributed by atoms with Crippen molar-refractivity contribution < 1.29 is 0 Å². The lowest BCUT2D eigenvalue weighted by atomic mass is 10.5. The van der Waals surface area contributed by atoms with E-state index in [0.717, 1.165) is 22.5 Å². The first-order chi connectivity index (χ1) is 2.91. The van der Waals surface area contributed by atoms with E-state index in [-0.39, 0.29) is 0 Å². The van der Waals surface area contributed by atoms with Crippen molar-refractivity contribution in [3.8, 4) is 0 Å². The minimum absolute atomic E-state index is 0.763. The third-order valence-electron chi connectivity index (χ3n) is 0.511. The second-order valence-electron chi connectivity index (χ2n) is 1.05. The Morgan fingerprint density at radius 1 is 1.67 bits per heavy atom. The lowest BCUT2D eigenvalue weighted by Gasteiger charge is -1.74. The van der Waals surface area contributed by atoms with Crippen LogP contribution in [-0.2, 0) is 0 Å². The molecule has 0 aliphatic carbocycles. The van der Waals surface area contributed by atoms with Crippen molar-refractivity contribution in [2.45, 2.75) is 6.42 Å². The van der Waals surface area contributed by atoms with Crippen LogP contribution in [0.2, 0.25) is 0 Å². The Balaban J connectivity index is 2.66. The van der Waals surface area contributed by atoms with Crippen LogP contribution < -0.4 is 0 Å². The molecule has 36 valence electrons. The summed E-state index contributed by atoms with van der Waals surface area (Å²) >= 11 is 5.34. The largest absolute Gasteiger partial charge is 0.126 e. The number of allylic oxidation sites excluding steroid dienone is 1. The first kappa shape index (κ1) is 6.25. The molecular formula is C4H9ClSi. The van der Waals surface area contributed by atoms with Gasteiger partial charge in [0.05, 0.1) is 0 Å². The molecule has 0 unspecified atom stereocenters. The fourth-order valence-electron chi connectivity index (χ4n) is 0.230. The molecule has 0 heterocycles. The maximum Gasteiger partial charge on any atom is 0.0287 e. The van der Waals surface area contributed by atoms with Crippen molar-refractivity contribution >= 4 is 21.8 Å². The van der Waals surface area contributed by atoms with Gasteiger partial charge in [-0.1, -0.05) is 6.08 Å². The molecule has 6 heavy (non-hydrogen) atoms. The Hall–Kier alpha value is 0.247. The Labute approximate surface area is 46.6 Å². The van der Waals surface area contributed by atoms with Crippen LogP contribution in [0.4, 0.5) is 0 Å². The standard InChI is InChI=1S/C4H9ClSi/c5-3-1-2-4-6/h2,4H,1,3H2,6H3. The second-order valence-corrected chi connectivity index (χ2v) is 2.09. The molecule has 0 rings (SSSR count). The van der Waals surface area contributed by atoms with E-state index in [1.165, 1.54) is 0 Å². The highest BCUT2D eigenvalue weighted by molar-refractivity contribution is 6.18. The van der Waals surface area contributed by atoms with Crippen molar-refractivity contribution in [2.75, 3.05) is 5.88 Å². The SMILES string of the molecule is [SiH3]C=CCCCl. The van der Waals surface area contributed by atoms with Crippen LogP contribution in [0.1, 0.15) is 6.42 Å². The Morgan fingerprint density at radius 2 is 2.33 bits per heavy atom. The molecule has 0 bridgehead atoms. The highest BCUT2D eigenvalue weighted by Gasteiger charge is 1.66. The predicted molar refractivity (Wildman–Crippen MR) is 34.4 cm³/mol. The molecule has 0 atom stereocenters. The van der Waals surface area contributed by atoms with E-state index >= 15 is 0 Å². The molecule has 0 saturated carbocycles. The molecule has 0 aliphatic rings. The molecule has 0 saturated heterocycles. The smallest absolute Gasteiger partial charge is 0.0287 e. The van der Waals surface area contributed by atoms with Gasteiger partial charge in [-0.25, -0.2) is 0 Å². The number of alkyl halides is 1. The fraction of sp³-hybridized carbons (Fsp3) is 0.500. The summed E-state index contributed by atoms with van der Waals surface area (Å²) in [4.78, 5) is 0. The summed E-state index contributed by atoms with van der Waals surface area (Å²) in [6, 6.07) is 0. The molecule has 0 aromatic rings. The third-order valence-corrected chi connectivity index (χ3v) is 1.20. The maximum absolute atomic E-state index is 5.34. The quantitative estimate of drug-likeness (QED) is 0.368. The van der Waals surface area contributed by atoms with Gasteiger partial charge >= 0.3 is 0 Å². The van der Waals surface area contributed by atoms with Gasteiger partial charge in [0.15, 0.2) is 0 Å². The molecule has 0 nitrogen and oxygen atoms in total. The van der Waals surface area contributed by atoms with E-state index < -0.39 is 0 Å². The van der Waals surface area contributed by atoms with Gasteiger partial charge < -0.3 is 0 Å². The molecule has 0 aromatic carbocycles. The topological polar surface area (TPSA) is 0 Å². The number of rotatable bonds is 2. The lowest BCUT2D eigenvalue weighted by molar-refractivity contribution is 1.24.